The average Bonchev–Trinajstić information content (AvgIpc) is 3.32. The van der Waals surface area contributed by atoms with Crippen LogP contribution < -0.4 is 16.8 Å². The summed E-state index contributed by atoms with van der Waals surface area (Å²) in [5.41, 5.74) is 12.7. The molecule has 1 aliphatic heterocycles. The zero-order valence-corrected chi connectivity index (χ0v) is 16.6. The third kappa shape index (κ3) is 5.67. The van der Waals surface area contributed by atoms with E-state index in [0.717, 1.165) is 24.7 Å². The molecule has 0 amide bonds. The zero-order valence-electron chi connectivity index (χ0n) is 15.8. The minimum atomic E-state index is 0.228. The van der Waals surface area contributed by atoms with Crippen molar-refractivity contribution in [3.05, 3.63) is 18.5 Å². The monoisotopic (exact) mass is 388 g/mol. The summed E-state index contributed by atoms with van der Waals surface area (Å²) >= 11 is 1.92. The molecule has 5 N–H and O–H groups in total. The standard InChI is InChI=1S/C10H18N2S.C8H10N6/c1-2-4-9(5-3-1)12-8-10-11-6-7-13-10;1-14-7(9)5(4-12-14)6-2-3-11-8(10)13-6/h9,12H,1-8H2;2-4H,9H2,1H3,(H2,10,11,13). The van der Waals surface area contributed by atoms with Crippen molar-refractivity contribution in [1.29, 1.82) is 0 Å². The molecule has 2 aliphatic rings. The summed E-state index contributed by atoms with van der Waals surface area (Å²) in [6, 6.07) is 2.52. The van der Waals surface area contributed by atoms with Crippen molar-refractivity contribution >= 4 is 28.6 Å². The number of hydrogen-bond donors (Lipinski definition) is 3. The molecule has 1 fully saturated rings. The quantitative estimate of drug-likeness (QED) is 0.733. The van der Waals surface area contributed by atoms with E-state index < -0.39 is 0 Å². The summed E-state index contributed by atoms with van der Waals surface area (Å²) in [6.45, 7) is 2.06. The van der Waals surface area contributed by atoms with Crippen LogP contribution in [0.1, 0.15) is 32.1 Å². The maximum absolute atomic E-state index is 5.78. The van der Waals surface area contributed by atoms with E-state index in [4.69, 9.17) is 11.5 Å². The largest absolute Gasteiger partial charge is 0.383 e. The molecule has 0 saturated heterocycles. The number of aryl methyl sites for hydroxylation is 1. The highest BCUT2D eigenvalue weighted by atomic mass is 32.2. The fraction of sp³-hybridized carbons (Fsp3) is 0.556. The second kappa shape index (κ2) is 9.70. The van der Waals surface area contributed by atoms with E-state index in [2.05, 4.69) is 25.4 Å². The molecule has 2 aromatic heterocycles. The highest BCUT2D eigenvalue weighted by Gasteiger charge is 2.14. The van der Waals surface area contributed by atoms with E-state index in [1.54, 1.807) is 30.2 Å². The normalized spacial score (nSPS) is 17.3. The second-order valence-electron chi connectivity index (χ2n) is 6.71. The molecule has 0 aromatic carbocycles. The lowest BCUT2D eigenvalue weighted by Gasteiger charge is -2.22. The Morgan fingerprint density at radius 1 is 1.26 bits per heavy atom. The Bertz CT molecular complexity index is 766. The number of nitrogens with two attached hydrogens (primary N) is 2. The second-order valence-corrected chi connectivity index (χ2v) is 7.88. The van der Waals surface area contributed by atoms with Crippen LogP contribution in [0.2, 0.25) is 0 Å². The minimum Gasteiger partial charge on any atom is -0.383 e. The maximum Gasteiger partial charge on any atom is 0.220 e. The molecular formula is C18H28N8S. The molecule has 4 rings (SSSR count). The van der Waals surface area contributed by atoms with Crippen molar-refractivity contribution in [3.8, 4) is 11.3 Å². The molecule has 0 bridgehead atoms. The first kappa shape index (κ1) is 19.6. The number of anilines is 2. The van der Waals surface area contributed by atoms with Crippen LogP contribution in [0.25, 0.3) is 11.3 Å². The Hall–Kier alpha value is -2.13. The number of nitrogens with one attached hydrogen (secondary N) is 1. The van der Waals surface area contributed by atoms with E-state index in [9.17, 15) is 0 Å². The molecule has 1 aliphatic carbocycles. The van der Waals surface area contributed by atoms with E-state index >= 15 is 0 Å². The van der Waals surface area contributed by atoms with Gasteiger partial charge < -0.3 is 16.8 Å². The van der Waals surface area contributed by atoms with Crippen LogP contribution >= 0.6 is 11.8 Å². The van der Waals surface area contributed by atoms with Crippen molar-refractivity contribution < 1.29 is 0 Å². The summed E-state index contributed by atoms with van der Waals surface area (Å²) in [6.07, 6.45) is 10.2. The lowest BCUT2D eigenvalue weighted by molar-refractivity contribution is 0.388. The van der Waals surface area contributed by atoms with Gasteiger partial charge in [-0.15, -0.1) is 11.8 Å². The van der Waals surface area contributed by atoms with Gasteiger partial charge in [0.15, 0.2) is 0 Å². The predicted molar refractivity (Wildman–Crippen MR) is 113 cm³/mol. The van der Waals surface area contributed by atoms with Crippen LogP contribution in [0.5, 0.6) is 0 Å². The summed E-state index contributed by atoms with van der Waals surface area (Å²) in [5, 5.41) is 8.95. The van der Waals surface area contributed by atoms with Gasteiger partial charge in [0.1, 0.15) is 5.82 Å². The van der Waals surface area contributed by atoms with Gasteiger partial charge in [0.2, 0.25) is 5.95 Å². The molecule has 0 radical (unpaired) electrons. The lowest BCUT2D eigenvalue weighted by Crippen LogP contribution is -2.34. The van der Waals surface area contributed by atoms with Gasteiger partial charge in [-0.3, -0.25) is 9.67 Å². The Morgan fingerprint density at radius 3 is 2.70 bits per heavy atom. The molecule has 2 aromatic rings. The number of aromatic nitrogens is 4. The number of thioether (sulfide) groups is 1. The fourth-order valence-corrected chi connectivity index (χ4v) is 3.98. The van der Waals surface area contributed by atoms with Crippen LogP contribution in [0.4, 0.5) is 11.8 Å². The van der Waals surface area contributed by atoms with Crippen LogP contribution in [0.15, 0.2) is 23.5 Å². The van der Waals surface area contributed by atoms with E-state index in [-0.39, 0.29) is 5.95 Å². The van der Waals surface area contributed by atoms with Gasteiger partial charge in [0.25, 0.3) is 0 Å². The molecule has 0 unspecified atom stereocenters. The maximum atomic E-state index is 5.78. The Morgan fingerprint density at radius 2 is 2.07 bits per heavy atom. The molecule has 1 saturated carbocycles. The van der Waals surface area contributed by atoms with Gasteiger partial charge in [-0.1, -0.05) is 19.3 Å². The van der Waals surface area contributed by atoms with E-state index in [1.807, 2.05) is 11.8 Å². The molecule has 8 nitrogen and oxygen atoms in total. The Balaban J connectivity index is 0.000000156. The van der Waals surface area contributed by atoms with Crippen molar-refractivity contribution in [1.82, 2.24) is 25.1 Å². The lowest BCUT2D eigenvalue weighted by atomic mass is 9.96. The summed E-state index contributed by atoms with van der Waals surface area (Å²) in [4.78, 5) is 12.3. The van der Waals surface area contributed by atoms with Gasteiger partial charge >= 0.3 is 0 Å². The highest BCUT2D eigenvalue weighted by Crippen LogP contribution is 2.22. The number of hydrogen-bond acceptors (Lipinski definition) is 8. The predicted octanol–water partition coefficient (Wildman–Crippen LogP) is 2.10. The molecule has 27 heavy (non-hydrogen) atoms. The molecule has 0 spiro atoms. The average molecular weight is 389 g/mol. The molecule has 0 atom stereocenters. The Kier molecular flexibility index (Phi) is 7.05. The number of rotatable bonds is 4. The van der Waals surface area contributed by atoms with Gasteiger partial charge in [0.05, 0.1) is 22.5 Å². The summed E-state index contributed by atoms with van der Waals surface area (Å²) in [5.74, 6) is 1.98. The van der Waals surface area contributed by atoms with Crippen molar-refractivity contribution in [2.75, 3.05) is 30.3 Å². The van der Waals surface area contributed by atoms with Crippen LogP contribution in [-0.2, 0) is 7.05 Å². The molecule has 9 heteroatoms. The summed E-state index contributed by atoms with van der Waals surface area (Å²) in [7, 11) is 1.77. The smallest absolute Gasteiger partial charge is 0.220 e. The van der Waals surface area contributed by atoms with Crippen LogP contribution in [0.3, 0.4) is 0 Å². The van der Waals surface area contributed by atoms with Gasteiger partial charge in [-0.2, -0.15) is 5.10 Å². The van der Waals surface area contributed by atoms with Crippen LogP contribution in [-0.4, -0.2) is 49.7 Å². The van der Waals surface area contributed by atoms with Gasteiger partial charge in [-0.05, 0) is 18.9 Å². The molecular weight excluding hydrogens is 360 g/mol. The number of nitrogens with zero attached hydrogens (tertiary/aromatic N) is 5. The first-order valence-electron chi connectivity index (χ1n) is 9.39. The van der Waals surface area contributed by atoms with Crippen molar-refractivity contribution in [2.24, 2.45) is 12.0 Å². The van der Waals surface area contributed by atoms with Gasteiger partial charge in [0, 0.05) is 38.1 Å². The molecule has 3 heterocycles. The zero-order chi connectivity index (χ0) is 19.1. The minimum absolute atomic E-state index is 0.228. The topological polar surface area (TPSA) is 120 Å². The fourth-order valence-electron chi connectivity index (χ4n) is 3.19. The third-order valence-electron chi connectivity index (χ3n) is 4.73. The van der Waals surface area contributed by atoms with Crippen molar-refractivity contribution in [3.63, 3.8) is 0 Å². The number of nitrogen functional groups attached to an aromatic ring is 2. The van der Waals surface area contributed by atoms with Crippen molar-refractivity contribution in [2.45, 2.75) is 38.1 Å². The summed E-state index contributed by atoms with van der Waals surface area (Å²) < 4.78 is 1.58. The van der Waals surface area contributed by atoms with E-state index in [1.165, 1.54) is 42.9 Å². The highest BCUT2D eigenvalue weighted by molar-refractivity contribution is 8.14. The Labute approximate surface area is 164 Å². The SMILES string of the molecule is C1CCC(NCC2=NCCS2)CC1.Cn1ncc(-c2ccnc(N)n2)c1N. The molecule has 146 valence electrons. The van der Waals surface area contributed by atoms with Crippen LogP contribution in [0, 0.1) is 0 Å². The first-order valence-corrected chi connectivity index (χ1v) is 10.4. The third-order valence-corrected chi connectivity index (χ3v) is 5.72. The first-order chi connectivity index (χ1) is 13.1. The number of aliphatic imine (C=N–C) groups is 1. The van der Waals surface area contributed by atoms with E-state index in [0.29, 0.717) is 11.5 Å². The van der Waals surface area contributed by atoms with Gasteiger partial charge in [-0.25, -0.2) is 9.97 Å².